The number of quaternary nitrogens is 1. The standard InChI is InChI=1S/C13H20N3O/c1-16(2)8-5-13(6-9-16)11-4-3-7-14-12(11)15-10-17-13/h3-4,7H,5-6,8-10H2,1-2H3,(H,14,15)/q+1. The van der Waals surface area contributed by atoms with Crippen molar-refractivity contribution in [2.45, 2.75) is 18.4 Å². The highest BCUT2D eigenvalue weighted by molar-refractivity contribution is 5.48. The van der Waals surface area contributed by atoms with Crippen molar-refractivity contribution in [1.82, 2.24) is 4.98 Å². The van der Waals surface area contributed by atoms with Gasteiger partial charge in [-0.25, -0.2) is 4.98 Å². The highest BCUT2D eigenvalue weighted by Gasteiger charge is 2.44. The number of pyridine rings is 1. The molecule has 0 amide bonds. The molecule has 2 aliphatic heterocycles. The molecule has 0 aliphatic carbocycles. The molecule has 0 unspecified atom stereocenters. The van der Waals surface area contributed by atoms with Crippen LogP contribution in [0.5, 0.6) is 0 Å². The zero-order valence-corrected chi connectivity index (χ0v) is 10.6. The fourth-order valence-corrected chi connectivity index (χ4v) is 2.85. The quantitative estimate of drug-likeness (QED) is 0.692. The summed E-state index contributed by atoms with van der Waals surface area (Å²) in [5, 5.41) is 3.22. The molecule has 4 nitrogen and oxygen atoms in total. The number of hydrogen-bond donors (Lipinski definition) is 1. The minimum absolute atomic E-state index is 0.0946. The zero-order valence-electron chi connectivity index (χ0n) is 10.6. The maximum atomic E-state index is 6.07. The number of ether oxygens (including phenoxy) is 1. The Balaban J connectivity index is 1.95. The van der Waals surface area contributed by atoms with Crippen LogP contribution >= 0.6 is 0 Å². The Morgan fingerprint density at radius 2 is 2.12 bits per heavy atom. The molecular formula is C13H20N3O+. The van der Waals surface area contributed by atoms with E-state index in [-0.39, 0.29) is 5.60 Å². The van der Waals surface area contributed by atoms with E-state index < -0.39 is 0 Å². The normalized spacial score (nSPS) is 25.1. The van der Waals surface area contributed by atoms with Crippen molar-refractivity contribution in [3.8, 4) is 0 Å². The van der Waals surface area contributed by atoms with Crippen LogP contribution in [-0.2, 0) is 10.3 Å². The van der Waals surface area contributed by atoms with Crippen molar-refractivity contribution in [2.24, 2.45) is 0 Å². The summed E-state index contributed by atoms with van der Waals surface area (Å²) in [7, 11) is 4.58. The van der Waals surface area contributed by atoms with Gasteiger partial charge in [-0.15, -0.1) is 0 Å². The van der Waals surface area contributed by atoms with Gasteiger partial charge in [0.2, 0.25) is 0 Å². The molecule has 0 saturated carbocycles. The molecule has 0 radical (unpaired) electrons. The molecule has 0 bridgehead atoms. The summed E-state index contributed by atoms with van der Waals surface area (Å²) < 4.78 is 7.16. The summed E-state index contributed by atoms with van der Waals surface area (Å²) in [5.74, 6) is 1.01. The van der Waals surface area contributed by atoms with Gasteiger partial charge in [0.05, 0.1) is 27.2 Å². The van der Waals surface area contributed by atoms with Gasteiger partial charge in [0.1, 0.15) is 18.1 Å². The second-order valence-electron chi connectivity index (χ2n) is 5.74. The van der Waals surface area contributed by atoms with Crippen LogP contribution in [0.15, 0.2) is 18.3 Å². The minimum atomic E-state index is -0.0946. The third kappa shape index (κ3) is 1.81. The first-order valence-corrected chi connectivity index (χ1v) is 6.27. The van der Waals surface area contributed by atoms with Gasteiger partial charge in [0.25, 0.3) is 0 Å². The zero-order chi connectivity index (χ0) is 11.9. The van der Waals surface area contributed by atoms with Gasteiger partial charge in [0, 0.05) is 24.6 Å². The van der Waals surface area contributed by atoms with Crippen molar-refractivity contribution in [1.29, 1.82) is 0 Å². The second kappa shape index (κ2) is 3.68. The number of rotatable bonds is 0. The van der Waals surface area contributed by atoms with Crippen LogP contribution in [0.3, 0.4) is 0 Å². The monoisotopic (exact) mass is 234 g/mol. The van der Waals surface area contributed by atoms with E-state index in [1.165, 1.54) is 5.56 Å². The van der Waals surface area contributed by atoms with Crippen LogP contribution in [0.4, 0.5) is 5.82 Å². The number of nitrogens with zero attached hydrogens (tertiary/aromatic N) is 2. The van der Waals surface area contributed by atoms with E-state index >= 15 is 0 Å². The first kappa shape index (κ1) is 11.0. The van der Waals surface area contributed by atoms with Crippen LogP contribution in [0.1, 0.15) is 18.4 Å². The van der Waals surface area contributed by atoms with Crippen molar-refractivity contribution in [2.75, 3.05) is 39.2 Å². The van der Waals surface area contributed by atoms with Gasteiger partial charge in [-0.2, -0.15) is 0 Å². The lowest BCUT2D eigenvalue weighted by Crippen LogP contribution is -2.53. The summed E-state index contributed by atoms with van der Waals surface area (Å²) in [6, 6.07) is 4.16. The van der Waals surface area contributed by atoms with Gasteiger partial charge in [-0.1, -0.05) is 6.07 Å². The fraction of sp³-hybridized carbons (Fsp3) is 0.615. The van der Waals surface area contributed by atoms with Crippen LogP contribution < -0.4 is 5.32 Å². The van der Waals surface area contributed by atoms with E-state index in [1.54, 1.807) is 0 Å². The lowest BCUT2D eigenvalue weighted by Gasteiger charge is -2.46. The molecule has 2 aliphatic rings. The van der Waals surface area contributed by atoms with Crippen LogP contribution in [0, 0.1) is 0 Å². The van der Waals surface area contributed by atoms with Crippen molar-refractivity contribution >= 4 is 5.82 Å². The first-order valence-electron chi connectivity index (χ1n) is 6.27. The number of likely N-dealkylation sites (tertiary alicyclic amines) is 1. The summed E-state index contributed by atoms with van der Waals surface area (Å²) in [4.78, 5) is 4.41. The molecule has 3 heterocycles. The van der Waals surface area contributed by atoms with E-state index in [1.807, 2.05) is 12.3 Å². The predicted octanol–water partition coefficient (Wildman–Crippen LogP) is 1.55. The molecule has 1 N–H and O–H groups in total. The van der Waals surface area contributed by atoms with E-state index in [4.69, 9.17) is 4.74 Å². The molecule has 1 aromatic rings. The minimum Gasteiger partial charge on any atom is -0.350 e. The van der Waals surface area contributed by atoms with Gasteiger partial charge in [-0.05, 0) is 6.07 Å². The summed E-state index contributed by atoms with van der Waals surface area (Å²) in [5.41, 5.74) is 1.15. The van der Waals surface area contributed by atoms with Crippen LogP contribution in [-0.4, -0.2) is 43.4 Å². The average molecular weight is 234 g/mol. The highest BCUT2D eigenvalue weighted by atomic mass is 16.5. The third-order valence-electron chi connectivity index (χ3n) is 4.13. The van der Waals surface area contributed by atoms with E-state index in [0.717, 1.165) is 36.2 Å². The number of piperidine rings is 1. The Bertz CT molecular complexity index is 420. The van der Waals surface area contributed by atoms with Crippen LogP contribution in [0.25, 0.3) is 0 Å². The molecule has 3 rings (SSSR count). The summed E-state index contributed by atoms with van der Waals surface area (Å²) >= 11 is 0. The molecule has 1 saturated heterocycles. The molecule has 4 heteroatoms. The average Bonchev–Trinajstić information content (AvgIpc) is 2.34. The smallest absolute Gasteiger partial charge is 0.133 e. The van der Waals surface area contributed by atoms with Crippen LogP contribution in [0.2, 0.25) is 0 Å². The second-order valence-corrected chi connectivity index (χ2v) is 5.74. The molecule has 1 fully saturated rings. The van der Waals surface area contributed by atoms with Gasteiger partial charge in [-0.3, -0.25) is 0 Å². The maximum Gasteiger partial charge on any atom is 0.133 e. The number of fused-ring (bicyclic) bond motifs is 2. The number of hydrogen-bond acceptors (Lipinski definition) is 3. The van der Waals surface area contributed by atoms with Gasteiger partial charge < -0.3 is 14.5 Å². The highest BCUT2D eigenvalue weighted by Crippen LogP contribution is 2.42. The third-order valence-corrected chi connectivity index (χ3v) is 4.13. The number of nitrogens with one attached hydrogen (secondary N) is 1. The van der Waals surface area contributed by atoms with Crippen molar-refractivity contribution < 1.29 is 9.22 Å². The van der Waals surface area contributed by atoms with Crippen molar-refractivity contribution in [3.63, 3.8) is 0 Å². The van der Waals surface area contributed by atoms with Crippen molar-refractivity contribution in [3.05, 3.63) is 23.9 Å². The first-order chi connectivity index (χ1) is 8.11. The summed E-state index contributed by atoms with van der Waals surface area (Å²) in [6.45, 7) is 2.90. The van der Waals surface area contributed by atoms with Gasteiger partial charge >= 0.3 is 0 Å². The lowest BCUT2D eigenvalue weighted by molar-refractivity contribution is -0.898. The molecular weight excluding hydrogens is 214 g/mol. The maximum absolute atomic E-state index is 6.07. The Morgan fingerprint density at radius 3 is 2.88 bits per heavy atom. The number of aromatic nitrogens is 1. The van der Waals surface area contributed by atoms with Gasteiger partial charge in [0.15, 0.2) is 0 Å². The Hall–Kier alpha value is -1.13. The molecule has 17 heavy (non-hydrogen) atoms. The van der Waals surface area contributed by atoms with E-state index in [0.29, 0.717) is 6.73 Å². The number of anilines is 1. The Kier molecular flexibility index (Phi) is 2.38. The molecule has 0 aromatic carbocycles. The molecule has 0 atom stereocenters. The topological polar surface area (TPSA) is 34.1 Å². The predicted molar refractivity (Wildman–Crippen MR) is 66.6 cm³/mol. The van der Waals surface area contributed by atoms with E-state index in [2.05, 4.69) is 30.5 Å². The van der Waals surface area contributed by atoms with E-state index in [9.17, 15) is 0 Å². The summed E-state index contributed by atoms with van der Waals surface area (Å²) in [6.07, 6.45) is 4.01. The molecule has 1 spiro atoms. The molecule has 1 aromatic heterocycles. The lowest BCUT2D eigenvalue weighted by atomic mass is 9.83. The Labute approximate surface area is 102 Å². The largest absolute Gasteiger partial charge is 0.350 e. The Morgan fingerprint density at radius 1 is 1.35 bits per heavy atom. The fourth-order valence-electron chi connectivity index (χ4n) is 2.85. The SMILES string of the molecule is C[N+]1(C)CCC2(CC1)OCNc1ncccc12. The molecule has 92 valence electrons.